The van der Waals surface area contributed by atoms with E-state index in [1.807, 2.05) is 18.2 Å². The number of pyridine rings is 1. The minimum Gasteiger partial charge on any atom is -0.351 e. The molecule has 1 aliphatic rings. The van der Waals surface area contributed by atoms with Gasteiger partial charge in [-0.25, -0.2) is 4.98 Å². The Labute approximate surface area is 174 Å². The number of rotatable bonds is 5. The lowest BCUT2D eigenvalue weighted by molar-refractivity contribution is 0.461. The predicted octanol–water partition coefficient (Wildman–Crippen LogP) is 6.33. The van der Waals surface area contributed by atoms with E-state index < -0.39 is 0 Å². The summed E-state index contributed by atoms with van der Waals surface area (Å²) in [4.78, 5) is 13.6. The molecule has 144 valence electrons. The van der Waals surface area contributed by atoms with Crippen molar-refractivity contribution >= 4 is 40.7 Å². The van der Waals surface area contributed by atoms with Gasteiger partial charge in [-0.3, -0.25) is 4.98 Å². The van der Waals surface area contributed by atoms with Gasteiger partial charge in [0.25, 0.3) is 0 Å². The Kier molecular flexibility index (Phi) is 5.93. The zero-order chi connectivity index (χ0) is 19.3. The normalized spacial score (nSPS) is 14.6. The molecule has 1 saturated carbocycles. The van der Waals surface area contributed by atoms with E-state index >= 15 is 0 Å². The minimum absolute atomic E-state index is 0.403. The maximum Gasteiger partial charge on any atom is 0.225 e. The van der Waals surface area contributed by atoms with Gasteiger partial charge in [-0.1, -0.05) is 42.5 Å². The lowest BCUT2D eigenvalue weighted by Crippen LogP contribution is -2.23. The van der Waals surface area contributed by atoms with E-state index in [2.05, 4.69) is 20.6 Å². The molecular weight excluding hydrogens is 393 g/mol. The second-order valence-electron chi connectivity index (χ2n) is 6.93. The number of aromatic nitrogens is 3. The first-order chi connectivity index (χ1) is 13.7. The van der Waals surface area contributed by atoms with E-state index in [9.17, 15) is 0 Å². The number of hydrogen-bond donors (Lipinski definition) is 2. The summed E-state index contributed by atoms with van der Waals surface area (Å²) in [6.07, 6.45) is 9.60. The molecule has 28 heavy (non-hydrogen) atoms. The summed E-state index contributed by atoms with van der Waals surface area (Å²) in [5, 5.41) is 7.96. The van der Waals surface area contributed by atoms with E-state index in [1.54, 1.807) is 30.6 Å². The molecule has 3 aromatic rings. The molecule has 0 saturated heterocycles. The highest BCUT2D eigenvalue weighted by atomic mass is 35.5. The molecule has 2 aromatic heterocycles. The first-order valence-electron chi connectivity index (χ1n) is 9.45. The summed E-state index contributed by atoms with van der Waals surface area (Å²) >= 11 is 12.4. The van der Waals surface area contributed by atoms with Gasteiger partial charge in [-0.2, -0.15) is 4.98 Å². The van der Waals surface area contributed by atoms with Gasteiger partial charge >= 0.3 is 0 Å². The minimum atomic E-state index is 0.403. The zero-order valence-electron chi connectivity index (χ0n) is 15.3. The third-order valence-electron chi connectivity index (χ3n) is 4.81. The molecule has 0 spiro atoms. The molecule has 0 bridgehead atoms. The Bertz CT molecular complexity index is 943. The van der Waals surface area contributed by atoms with Crippen molar-refractivity contribution in [1.82, 2.24) is 15.0 Å². The molecule has 1 aromatic carbocycles. The Morgan fingerprint density at radius 2 is 1.82 bits per heavy atom. The van der Waals surface area contributed by atoms with Gasteiger partial charge in [-0.15, -0.1) is 0 Å². The molecule has 0 aliphatic heterocycles. The number of halogens is 2. The molecule has 7 heteroatoms. The van der Waals surface area contributed by atoms with Crippen LogP contribution in [0, 0.1) is 0 Å². The topological polar surface area (TPSA) is 62.7 Å². The maximum absolute atomic E-state index is 6.31. The van der Waals surface area contributed by atoms with Gasteiger partial charge in [0.05, 0.1) is 16.4 Å². The van der Waals surface area contributed by atoms with Crippen molar-refractivity contribution in [3.8, 4) is 11.3 Å². The second-order valence-corrected chi connectivity index (χ2v) is 7.78. The van der Waals surface area contributed by atoms with Crippen LogP contribution in [0.2, 0.25) is 10.0 Å². The van der Waals surface area contributed by atoms with Gasteiger partial charge in [0, 0.05) is 35.1 Å². The maximum atomic E-state index is 6.31. The van der Waals surface area contributed by atoms with Crippen LogP contribution in [0.5, 0.6) is 0 Å². The van der Waals surface area contributed by atoms with Crippen LogP contribution in [0.4, 0.5) is 17.5 Å². The lowest BCUT2D eigenvalue weighted by Gasteiger charge is -2.23. The molecule has 0 atom stereocenters. The number of anilines is 3. The van der Waals surface area contributed by atoms with Crippen LogP contribution in [0.3, 0.4) is 0 Å². The van der Waals surface area contributed by atoms with Crippen molar-refractivity contribution in [2.45, 2.75) is 38.1 Å². The molecule has 1 aliphatic carbocycles. The fourth-order valence-electron chi connectivity index (χ4n) is 3.40. The molecule has 0 radical (unpaired) electrons. The fourth-order valence-corrected chi connectivity index (χ4v) is 3.74. The van der Waals surface area contributed by atoms with Crippen LogP contribution >= 0.6 is 23.2 Å². The first-order valence-corrected chi connectivity index (χ1v) is 10.2. The van der Waals surface area contributed by atoms with Crippen molar-refractivity contribution in [2.24, 2.45) is 0 Å². The van der Waals surface area contributed by atoms with Crippen molar-refractivity contribution < 1.29 is 0 Å². The predicted molar refractivity (Wildman–Crippen MR) is 116 cm³/mol. The van der Waals surface area contributed by atoms with Crippen LogP contribution in [0.1, 0.15) is 32.1 Å². The van der Waals surface area contributed by atoms with Gasteiger partial charge in [0.2, 0.25) is 5.95 Å². The monoisotopic (exact) mass is 413 g/mol. The third-order valence-corrected chi connectivity index (χ3v) is 5.38. The Morgan fingerprint density at radius 3 is 2.61 bits per heavy atom. The van der Waals surface area contributed by atoms with Crippen LogP contribution in [0.25, 0.3) is 11.3 Å². The molecule has 4 rings (SSSR count). The zero-order valence-corrected chi connectivity index (χ0v) is 16.8. The first kappa shape index (κ1) is 19.0. The highest BCUT2D eigenvalue weighted by molar-refractivity contribution is 6.35. The summed E-state index contributed by atoms with van der Waals surface area (Å²) in [6.45, 7) is 0. The molecule has 5 nitrogen and oxygen atoms in total. The number of hydrogen-bond acceptors (Lipinski definition) is 5. The fraction of sp³-hybridized carbons (Fsp3) is 0.286. The Morgan fingerprint density at radius 1 is 0.964 bits per heavy atom. The van der Waals surface area contributed by atoms with E-state index in [4.69, 9.17) is 28.2 Å². The van der Waals surface area contributed by atoms with E-state index in [1.165, 1.54) is 19.3 Å². The average Bonchev–Trinajstić information content (AvgIpc) is 2.72. The van der Waals surface area contributed by atoms with Gasteiger partial charge in [0.15, 0.2) is 0 Å². The lowest BCUT2D eigenvalue weighted by atomic mass is 9.96. The number of benzene rings is 1. The number of nitrogens with one attached hydrogen (secondary N) is 2. The molecular formula is C21H21Cl2N5. The SMILES string of the molecule is Clc1ccc(Cl)c(Nc2cc(-c3cccnc3)nc(NC3CCCCC3)n2)c1. The quantitative estimate of drug-likeness (QED) is 0.511. The van der Waals surface area contributed by atoms with Crippen LogP contribution in [-0.4, -0.2) is 21.0 Å². The van der Waals surface area contributed by atoms with E-state index in [0.29, 0.717) is 33.5 Å². The molecule has 2 heterocycles. The summed E-state index contributed by atoms with van der Waals surface area (Å²) < 4.78 is 0. The van der Waals surface area contributed by atoms with Crippen molar-refractivity contribution in [2.75, 3.05) is 10.6 Å². The highest BCUT2D eigenvalue weighted by Gasteiger charge is 2.16. The average molecular weight is 414 g/mol. The highest BCUT2D eigenvalue weighted by Crippen LogP contribution is 2.30. The van der Waals surface area contributed by atoms with E-state index in [-0.39, 0.29) is 0 Å². The Hall–Kier alpha value is -2.37. The Balaban J connectivity index is 1.67. The smallest absolute Gasteiger partial charge is 0.225 e. The largest absolute Gasteiger partial charge is 0.351 e. The second kappa shape index (κ2) is 8.76. The van der Waals surface area contributed by atoms with Crippen molar-refractivity contribution in [3.05, 3.63) is 58.8 Å². The summed E-state index contributed by atoms with van der Waals surface area (Å²) in [5.41, 5.74) is 2.42. The van der Waals surface area contributed by atoms with Crippen LogP contribution < -0.4 is 10.6 Å². The van der Waals surface area contributed by atoms with Crippen molar-refractivity contribution in [3.63, 3.8) is 0 Å². The number of nitrogens with zero attached hydrogens (tertiary/aromatic N) is 3. The van der Waals surface area contributed by atoms with Crippen molar-refractivity contribution in [1.29, 1.82) is 0 Å². The van der Waals surface area contributed by atoms with Gasteiger partial charge in [-0.05, 0) is 43.2 Å². The van der Waals surface area contributed by atoms with Gasteiger partial charge in [0.1, 0.15) is 5.82 Å². The molecule has 1 fully saturated rings. The molecule has 0 unspecified atom stereocenters. The van der Waals surface area contributed by atoms with Gasteiger partial charge < -0.3 is 10.6 Å². The van der Waals surface area contributed by atoms with Crippen LogP contribution in [0.15, 0.2) is 48.8 Å². The summed E-state index contributed by atoms with van der Waals surface area (Å²) in [6, 6.07) is 11.5. The molecule has 2 N–H and O–H groups in total. The van der Waals surface area contributed by atoms with E-state index in [0.717, 1.165) is 24.1 Å². The molecule has 0 amide bonds. The summed E-state index contributed by atoms with van der Waals surface area (Å²) in [5.74, 6) is 1.25. The third kappa shape index (κ3) is 4.72. The summed E-state index contributed by atoms with van der Waals surface area (Å²) in [7, 11) is 0. The van der Waals surface area contributed by atoms with Crippen LogP contribution in [-0.2, 0) is 0 Å². The standard InChI is InChI=1S/C21H21Cl2N5/c22-15-8-9-17(23)19(11-15)26-20-12-18(14-5-4-10-24-13-14)27-21(28-20)25-16-6-2-1-3-7-16/h4-5,8-13,16H,1-3,6-7H2,(H2,25,26,27,28).